The summed E-state index contributed by atoms with van der Waals surface area (Å²) in [4.78, 5) is 23.8. The van der Waals surface area contributed by atoms with Gasteiger partial charge in [-0.2, -0.15) is 0 Å². The van der Waals surface area contributed by atoms with Crippen LogP contribution < -0.4 is 10.6 Å². The first kappa shape index (κ1) is 25.2. The second-order valence-corrected chi connectivity index (χ2v) is 9.13. The molecule has 1 aromatic carbocycles. The van der Waals surface area contributed by atoms with Crippen LogP contribution in [0.15, 0.2) is 42.0 Å². The lowest BCUT2D eigenvalue weighted by atomic mass is 9.87. The molecule has 2 aliphatic carbocycles. The summed E-state index contributed by atoms with van der Waals surface area (Å²) in [6.45, 7) is 6.18. The number of nitrogens with one attached hydrogen (secondary N) is 2. The average molecular weight is 455 g/mol. The number of aliphatic carboxylic acids is 1. The minimum Gasteiger partial charge on any atom is -0.478 e. The highest BCUT2D eigenvalue weighted by Crippen LogP contribution is 2.27. The molecule has 3 atom stereocenters. The fourth-order valence-electron chi connectivity index (χ4n) is 4.75. The molecule has 3 N–H and O–H groups in total. The largest absolute Gasteiger partial charge is 0.478 e. The lowest BCUT2D eigenvalue weighted by Gasteiger charge is -2.38. The van der Waals surface area contributed by atoms with Crippen LogP contribution in [0.5, 0.6) is 0 Å². The Hall–Kier alpha value is -2.44. The second kappa shape index (κ2) is 12.1. The summed E-state index contributed by atoms with van der Waals surface area (Å²) in [5.41, 5.74) is 4.16. The molecule has 33 heavy (non-hydrogen) atoms. The number of amides is 1. The van der Waals surface area contributed by atoms with E-state index in [1.807, 2.05) is 0 Å². The SMILES string of the molecule is CCC(CC)O[C@@H]1C=C(C(=O)O)C[C@H](NCc2ccc(C3=CCCCC3)cc2)[C@H]1NC(C)=O. The molecule has 1 aromatic rings. The Labute approximate surface area is 197 Å². The molecule has 0 fully saturated rings. The van der Waals surface area contributed by atoms with E-state index < -0.39 is 12.1 Å². The van der Waals surface area contributed by atoms with Crippen molar-refractivity contribution in [3.63, 3.8) is 0 Å². The van der Waals surface area contributed by atoms with Crippen molar-refractivity contribution in [3.05, 3.63) is 53.1 Å². The van der Waals surface area contributed by atoms with Gasteiger partial charge in [0.05, 0.1) is 18.2 Å². The van der Waals surface area contributed by atoms with E-state index in [1.165, 1.54) is 30.9 Å². The topological polar surface area (TPSA) is 87.7 Å². The molecule has 0 aromatic heterocycles. The summed E-state index contributed by atoms with van der Waals surface area (Å²) in [6.07, 6.45) is 10.3. The quantitative estimate of drug-likeness (QED) is 0.481. The molecule has 3 rings (SSSR count). The van der Waals surface area contributed by atoms with Crippen molar-refractivity contribution < 1.29 is 19.4 Å². The van der Waals surface area contributed by atoms with Gasteiger partial charge in [-0.3, -0.25) is 4.79 Å². The van der Waals surface area contributed by atoms with Gasteiger partial charge in [-0.05, 0) is 67.7 Å². The number of hydrogen-bond acceptors (Lipinski definition) is 4. The van der Waals surface area contributed by atoms with Crippen molar-refractivity contribution in [2.75, 3.05) is 0 Å². The third-order valence-electron chi connectivity index (χ3n) is 6.68. The van der Waals surface area contributed by atoms with Gasteiger partial charge >= 0.3 is 5.97 Å². The van der Waals surface area contributed by atoms with E-state index in [9.17, 15) is 14.7 Å². The lowest BCUT2D eigenvalue weighted by molar-refractivity contribution is -0.133. The van der Waals surface area contributed by atoms with Crippen molar-refractivity contribution in [3.8, 4) is 0 Å². The first-order chi connectivity index (χ1) is 15.9. The van der Waals surface area contributed by atoms with E-state index in [4.69, 9.17) is 4.74 Å². The zero-order valence-electron chi connectivity index (χ0n) is 20.1. The van der Waals surface area contributed by atoms with Crippen LogP contribution in [-0.4, -0.2) is 41.3 Å². The summed E-state index contributed by atoms with van der Waals surface area (Å²) in [5, 5.41) is 16.2. The minimum absolute atomic E-state index is 0.0120. The van der Waals surface area contributed by atoms with Gasteiger partial charge in [-0.1, -0.05) is 44.2 Å². The molecule has 0 heterocycles. The van der Waals surface area contributed by atoms with Crippen molar-refractivity contribution in [1.82, 2.24) is 10.6 Å². The maximum atomic E-state index is 12.0. The number of hydrogen-bond donors (Lipinski definition) is 3. The van der Waals surface area contributed by atoms with Crippen LogP contribution in [0.2, 0.25) is 0 Å². The van der Waals surface area contributed by atoms with E-state index in [0.29, 0.717) is 18.5 Å². The molecule has 0 unspecified atom stereocenters. The van der Waals surface area contributed by atoms with Crippen LogP contribution in [0, 0.1) is 0 Å². The number of carbonyl (C=O) groups is 2. The van der Waals surface area contributed by atoms with E-state index in [2.05, 4.69) is 54.8 Å². The van der Waals surface area contributed by atoms with E-state index >= 15 is 0 Å². The number of carboxylic acids is 1. The number of carboxylic acid groups (broad SMARTS) is 1. The summed E-state index contributed by atoms with van der Waals surface area (Å²) in [7, 11) is 0. The Morgan fingerprint density at radius 3 is 2.45 bits per heavy atom. The molecule has 0 radical (unpaired) electrons. The predicted molar refractivity (Wildman–Crippen MR) is 131 cm³/mol. The smallest absolute Gasteiger partial charge is 0.331 e. The number of carbonyl (C=O) groups excluding carboxylic acids is 1. The molecule has 1 amide bonds. The molecular weight excluding hydrogens is 416 g/mol. The lowest BCUT2D eigenvalue weighted by Crippen LogP contribution is -2.58. The molecule has 0 spiro atoms. The molecule has 6 nitrogen and oxygen atoms in total. The second-order valence-electron chi connectivity index (χ2n) is 9.13. The Morgan fingerprint density at radius 2 is 1.88 bits per heavy atom. The zero-order valence-corrected chi connectivity index (χ0v) is 20.1. The normalized spacial score (nSPS) is 23.1. The highest BCUT2D eigenvalue weighted by molar-refractivity contribution is 5.87. The number of ether oxygens (including phenoxy) is 1. The number of allylic oxidation sites excluding steroid dienone is 2. The summed E-state index contributed by atoms with van der Waals surface area (Å²) >= 11 is 0. The van der Waals surface area contributed by atoms with Gasteiger partial charge in [0.1, 0.15) is 0 Å². The van der Waals surface area contributed by atoms with E-state index in [-0.39, 0.29) is 24.1 Å². The van der Waals surface area contributed by atoms with Gasteiger partial charge in [0, 0.05) is 25.1 Å². The highest BCUT2D eigenvalue weighted by atomic mass is 16.5. The first-order valence-electron chi connectivity index (χ1n) is 12.3. The van der Waals surface area contributed by atoms with Crippen LogP contribution in [0.25, 0.3) is 5.57 Å². The van der Waals surface area contributed by atoms with Crippen LogP contribution in [0.4, 0.5) is 0 Å². The predicted octanol–water partition coefficient (Wildman–Crippen LogP) is 4.60. The van der Waals surface area contributed by atoms with Gasteiger partial charge in [0.15, 0.2) is 0 Å². The Bertz CT molecular complexity index is 871. The van der Waals surface area contributed by atoms with Crippen molar-refractivity contribution in [1.29, 1.82) is 0 Å². The third-order valence-corrected chi connectivity index (χ3v) is 6.68. The highest BCUT2D eigenvalue weighted by Gasteiger charge is 2.37. The Kier molecular flexibility index (Phi) is 9.27. The maximum Gasteiger partial charge on any atom is 0.331 e. The molecule has 0 saturated carbocycles. The van der Waals surface area contributed by atoms with Crippen LogP contribution >= 0.6 is 0 Å². The zero-order chi connectivity index (χ0) is 23.8. The third kappa shape index (κ3) is 7.02. The molecule has 0 bridgehead atoms. The van der Waals surface area contributed by atoms with Gasteiger partial charge in [0.25, 0.3) is 0 Å². The summed E-state index contributed by atoms with van der Waals surface area (Å²) in [6, 6.07) is 8.01. The molecule has 0 aliphatic heterocycles. The van der Waals surface area contributed by atoms with Crippen molar-refractivity contribution in [2.45, 2.75) is 96.6 Å². The van der Waals surface area contributed by atoms with E-state index in [0.717, 1.165) is 31.2 Å². The Balaban J connectivity index is 1.74. The van der Waals surface area contributed by atoms with E-state index in [1.54, 1.807) is 6.08 Å². The minimum atomic E-state index is -0.939. The summed E-state index contributed by atoms with van der Waals surface area (Å²) in [5.74, 6) is -1.09. The molecule has 180 valence electrons. The molecule has 0 saturated heterocycles. The average Bonchev–Trinajstić information content (AvgIpc) is 2.82. The molecule has 2 aliphatic rings. The monoisotopic (exact) mass is 454 g/mol. The molecule has 6 heteroatoms. The van der Waals surface area contributed by atoms with Gasteiger partial charge in [0.2, 0.25) is 5.91 Å². The van der Waals surface area contributed by atoms with Crippen LogP contribution in [-0.2, 0) is 20.9 Å². The van der Waals surface area contributed by atoms with Crippen molar-refractivity contribution >= 4 is 17.4 Å². The Morgan fingerprint density at radius 1 is 1.15 bits per heavy atom. The fraction of sp³-hybridized carbons (Fsp3) is 0.556. The van der Waals surface area contributed by atoms with Gasteiger partial charge in [-0.25, -0.2) is 4.79 Å². The molecular formula is C27H38N2O4. The standard InChI is InChI=1S/C27H38N2O4/c1-4-23(5-2)33-25-16-22(27(31)32)15-24(26(25)29-18(3)30)28-17-19-11-13-21(14-12-19)20-9-7-6-8-10-20/h9,11-14,16,23-26,28H,4-8,10,15,17H2,1-3H3,(H,29,30)(H,31,32)/t24-,25+,26+/m0/s1. The van der Waals surface area contributed by atoms with Crippen LogP contribution in [0.1, 0.15) is 76.8 Å². The van der Waals surface area contributed by atoms with Crippen molar-refractivity contribution in [2.24, 2.45) is 0 Å². The number of benzene rings is 1. The van der Waals surface area contributed by atoms with Gasteiger partial charge < -0.3 is 20.5 Å². The van der Waals surface area contributed by atoms with Crippen LogP contribution in [0.3, 0.4) is 0 Å². The maximum absolute atomic E-state index is 12.0. The summed E-state index contributed by atoms with van der Waals surface area (Å²) < 4.78 is 6.25. The fourth-order valence-corrected chi connectivity index (χ4v) is 4.75. The number of rotatable bonds is 10. The van der Waals surface area contributed by atoms with Gasteiger partial charge in [-0.15, -0.1) is 0 Å². The first-order valence-corrected chi connectivity index (χ1v) is 12.3.